The van der Waals surface area contributed by atoms with Gasteiger partial charge in [-0.2, -0.15) is 0 Å². The van der Waals surface area contributed by atoms with Gasteiger partial charge in [0.15, 0.2) is 0 Å². The fourth-order valence-corrected chi connectivity index (χ4v) is 2.08. The minimum absolute atomic E-state index is 0.0116. The standard InChI is InChI=1S/C10H22N2O3S/c1-6-16(14,15)11-9(7-8(2)3)10(13)12(4)5/h8-9,11H,6-7H2,1-5H3. The van der Waals surface area contributed by atoms with Gasteiger partial charge in [-0.1, -0.05) is 13.8 Å². The zero-order valence-electron chi connectivity index (χ0n) is 10.6. The third-order valence-corrected chi connectivity index (χ3v) is 3.55. The van der Waals surface area contributed by atoms with Gasteiger partial charge < -0.3 is 4.90 Å². The van der Waals surface area contributed by atoms with Crippen molar-refractivity contribution in [3.63, 3.8) is 0 Å². The van der Waals surface area contributed by atoms with Gasteiger partial charge in [-0.25, -0.2) is 13.1 Å². The Hall–Kier alpha value is -0.620. The van der Waals surface area contributed by atoms with E-state index in [2.05, 4.69) is 4.72 Å². The molecule has 0 aliphatic carbocycles. The Balaban J connectivity index is 4.76. The Labute approximate surface area is 98.3 Å². The molecule has 16 heavy (non-hydrogen) atoms. The number of sulfonamides is 1. The highest BCUT2D eigenvalue weighted by atomic mass is 32.2. The number of nitrogens with one attached hydrogen (secondary N) is 1. The van der Waals surface area contributed by atoms with Gasteiger partial charge in [0.1, 0.15) is 6.04 Å². The molecule has 0 aromatic rings. The largest absolute Gasteiger partial charge is 0.347 e. The van der Waals surface area contributed by atoms with Crippen LogP contribution in [0.3, 0.4) is 0 Å². The second kappa shape index (κ2) is 6.20. The number of rotatable bonds is 6. The van der Waals surface area contributed by atoms with Gasteiger partial charge >= 0.3 is 0 Å². The molecular formula is C10H22N2O3S. The number of likely N-dealkylation sites (N-methyl/N-ethyl adjacent to an activating group) is 1. The Morgan fingerprint density at radius 3 is 2.12 bits per heavy atom. The first-order valence-electron chi connectivity index (χ1n) is 5.40. The molecule has 0 bridgehead atoms. The highest BCUT2D eigenvalue weighted by Gasteiger charge is 2.25. The summed E-state index contributed by atoms with van der Waals surface area (Å²) in [7, 11) is -0.0985. The van der Waals surface area contributed by atoms with Crippen molar-refractivity contribution >= 4 is 15.9 Å². The van der Waals surface area contributed by atoms with Crippen LogP contribution in [-0.2, 0) is 14.8 Å². The van der Waals surface area contributed by atoms with E-state index in [-0.39, 0.29) is 17.6 Å². The summed E-state index contributed by atoms with van der Waals surface area (Å²) in [5.41, 5.74) is 0. The first kappa shape index (κ1) is 15.4. The van der Waals surface area contributed by atoms with E-state index in [1.807, 2.05) is 13.8 Å². The molecule has 0 saturated carbocycles. The molecule has 0 spiro atoms. The predicted octanol–water partition coefficient (Wildman–Crippen LogP) is 0.429. The molecule has 0 saturated heterocycles. The maximum Gasteiger partial charge on any atom is 0.240 e. The van der Waals surface area contributed by atoms with Gasteiger partial charge in [0, 0.05) is 14.1 Å². The minimum Gasteiger partial charge on any atom is -0.347 e. The Kier molecular flexibility index (Phi) is 5.96. The lowest BCUT2D eigenvalue weighted by Crippen LogP contribution is -2.47. The number of amides is 1. The second-order valence-corrected chi connectivity index (χ2v) is 6.48. The van der Waals surface area contributed by atoms with Crippen LogP contribution in [0.2, 0.25) is 0 Å². The van der Waals surface area contributed by atoms with Crippen LogP contribution >= 0.6 is 0 Å². The van der Waals surface area contributed by atoms with Gasteiger partial charge in [0.2, 0.25) is 15.9 Å². The molecule has 1 amide bonds. The van der Waals surface area contributed by atoms with Crippen LogP contribution in [0.5, 0.6) is 0 Å². The van der Waals surface area contributed by atoms with Crippen LogP contribution in [0, 0.1) is 5.92 Å². The first-order chi connectivity index (χ1) is 7.19. The quantitative estimate of drug-likeness (QED) is 0.743. The lowest BCUT2D eigenvalue weighted by molar-refractivity contribution is -0.130. The van der Waals surface area contributed by atoms with Crippen LogP contribution in [0.1, 0.15) is 27.2 Å². The average molecular weight is 250 g/mol. The van der Waals surface area contributed by atoms with Crippen molar-refractivity contribution in [3.8, 4) is 0 Å². The summed E-state index contributed by atoms with van der Waals surface area (Å²) in [5.74, 6) is 0.0432. The van der Waals surface area contributed by atoms with Gasteiger partial charge in [-0.15, -0.1) is 0 Å². The van der Waals surface area contributed by atoms with Crippen molar-refractivity contribution < 1.29 is 13.2 Å². The lowest BCUT2D eigenvalue weighted by Gasteiger charge is -2.22. The lowest BCUT2D eigenvalue weighted by atomic mass is 10.0. The van der Waals surface area contributed by atoms with E-state index >= 15 is 0 Å². The second-order valence-electron chi connectivity index (χ2n) is 4.44. The van der Waals surface area contributed by atoms with E-state index in [9.17, 15) is 13.2 Å². The smallest absolute Gasteiger partial charge is 0.240 e. The summed E-state index contributed by atoms with van der Waals surface area (Å²) < 4.78 is 25.3. The van der Waals surface area contributed by atoms with Gasteiger partial charge in [-0.3, -0.25) is 4.79 Å². The van der Waals surface area contributed by atoms with Crippen molar-refractivity contribution in [2.75, 3.05) is 19.8 Å². The summed E-state index contributed by atoms with van der Waals surface area (Å²) in [4.78, 5) is 13.2. The van der Waals surface area contributed by atoms with Gasteiger partial charge in [0.25, 0.3) is 0 Å². The first-order valence-corrected chi connectivity index (χ1v) is 7.06. The van der Waals surface area contributed by atoms with E-state index in [1.165, 1.54) is 4.90 Å². The van der Waals surface area contributed by atoms with Crippen molar-refractivity contribution in [3.05, 3.63) is 0 Å². The third kappa shape index (κ3) is 5.46. The Morgan fingerprint density at radius 1 is 1.31 bits per heavy atom. The van der Waals surface area contributed by atoms with E-state index in [1.54, 1.807) is 21.0 Å². The molecule has 1 atom stereocenters. The fraction of sp³-hybridized carbons (Fsp3) is 0.900. The van der Waals surface area contributed by atoms with E-state index in [0.29, 0.717) is 6.42 Å². The Bertz CT molecular complexity index is 323. The highest BCUT2D eigenvalue weighted by molar-refractivity contribution is 7.89. The maximum atomic E-state index is 11.8. The number of hydrogen-bond acceptors (Lipinski definition) is 3. The maximum absolute atomic E-state index is 11.8. The van der Waals surface area contributed by atoms with Gasteiger partial charge in [-0.05, 0) is 19.3 Å². The predicted molar refractivity (Wildman–Crippen MR) is 64.5 cm³/mol. The van der Waals surface area contributed by atoms with Crippen LogP contribution in [0.15, 0.2) is 0 Å². The number of carbonyl (C=O) groups excluding carboxylic acids is 1. The van der Waals surface area contributed by atoms with Crippen LogP contribution in [0.25, 0.3) is 0 Å². The van der Waals surface area contributed by atoms with Crippen molar-refractivity contribution in [1.29, 1.82) is 0 Å². The number of carbonyl (C=O) groups is 1. The minimum atomic E-state index is -3.34. The molecular weight excluding hydrogens is 228 g/mol. The molecule has 0 fully saturated rings. The fourth-order valence-electron chi connectivity index (χ4n) is 1.28. The van der Waals surface area contributed by atoms with E-state index in [0.717, 1.165) is 0 Å². The molecule has 6 heteroatoms. The van der Waals surface area contributed by atoms with E-state index in [4.69, 9.17) is 0 Å². The van der Waals surface area contributed by atoms with Crippen molar-refractivity contribution in [2.45, 2.75) is 33.2 Å². The SMILES string of the molecule is CCS(=O)(=O)NC(CC(C)C)C(=O)N(C)C. The summed E-state index contributed by atoms with van der Waals surface area (Å²) in [5, 5.41) is 0. The summed E-state index contributed by atoms with van der Waals surface area (Å²) in [6.07, 6.45) is 0.510. The summed E-state index contributed by atoms with van der Waals surface area (Å²) in [6, 6.07) is -0.653. The summed E-state index contributed by atoms with van der Waals surface area (Å²) >= 11 is 0. The van der Waals surface area contributed by atoms with E-state index < -0.39 is 16.1 Å². The molecule has 5 nitrogen and oxygen atoms in total. The molecule has 0 aliphatic rings. The van der Waals surface area contributed by atoms with Gasteiger partial charge in [0.05, 0.1) is 5.75 Å². The normalized spacial score (nSPS) is 13.9. The summed E-state index contributed by atoms with van der Waals surface area (Å²) in [6.45, 7) is 5.46. The van der Waals surface area contributed by atoms with Crippen LogP contribution < -0.4 is 4.72 Å². The molecule has 0 aromatic carbocycles. The topological polar surface area (TPSA) is 66.5 Å². The zero-order chi connectivity index (χ0) is 12.9. The molecule has 0 heterocycles. The van der Waals surface area contributed by atoms with Crippen LogP contribution in [-0.4, -0.2) is 45.1 Å². The molecule has 96 valence electrons. The number of hydrogen-bond donors (Lipinski definition) is 1. The van der Waals surface area contributed by atoms with Crippen molar-refractivity contribution in [1.82, 2.24) is 9.62 Å². The Morgan fingerprint density at radius 2 is 1.81 bits per heavy atom. The monoisotopic (exact) mass is 250 g/mol. The number of nitrogens with zero attached hydrogens (tertiary/aromatic N) is 1. The van der Waals surface area contributed by atoms with Crippen molar-refractivity contribution in [2.24, 2.45) is 5.92 Å². The molecule has 0 rings (SSSR count). The molecule has 0 aliphatic heterocycles. The molecule has 0 radical (unpaired) electrons. The average Bonchev–Trinajstić information content (AvgIpc) is 2.14. The molecule has 0 aromatic heterocycles. The zero-order valence-corrected chi connectivity index (χ0v) is 11.5. The molecule has 1 unspecified atom stereocenters. The van der Waals surface area contributed by atoms with Crippen LogP contribution in [0.4, 0.5) is 0 Å². The highest BCUT2D eigenvalue weighted by Crippen LogP contribution is 2.08. The molecule has 1 N–H and O–H groups in total. The third-order valence-electron chi connectivity index (χ3n) is 2.15.